The van der Waals surface area contributed by atoms with Crippen LogP contribution >= 0.6 is 0 Å². The lowest BCUT2D eigenvalue weighted by Gasteiger charge is -2.23. The van der Waals surface area contributed by atoms with Crippen molar-refractivity contribution >= 4 is 5.91 Å². The Morgan fingerprint density at radius 2 is 1.96 bits per heavy atom. The van der Waals surface area contributed by atoms with Crippen LogP contribution in [0.25, 0.3) is 0 Å². The topological polar surface area (TPSA) is 64.8 Å². The molecule has 0 saturated carbocycles. The smallest absolute Gasteiger partial charge is 0.230 e. The molecular weight excluding hydrogens is 308 g/mol. The lowest BCUT2D eigenvalue weighted by Crippen LogP contribution is -2.30. The SMILES string of the molecule is Cc1noc(C)c1[C@@H](C)C(=O)N(C)Cc1ccc2c(c1)OCCO2. The number of rotatable bonds is 4. The zero-order chi connectivity index (χ0) is 17.3. The number of benzene rings is 1. The Hall–Kier alpha value is -2.50. The summed E-state index contributed by atoms with van der Waals surface area (Å²) in [4.78, 5) is 14.4. The second kappa shape index (κ2) is 6.55. The van der Waals surface area contributed by atoms with Crippen LogP contribution in [0.3, 0.4) is 0 Å². The first kappa shape index (κ1) is 16.4. The second-order valence-corrected chi connectivity index (χ2v) is 6.13. The first-order valence-electron chi connectivity index (χ1n) is 8.03. The van der Waals surface area contributed by atoms with Crippen LogP contribution in [-0.2, 0) is 11.3 Å². The molecule has 3 rings (SSSR count). The Morgan fingerprint density at radius 1 is 1.25 bits per heavy atom. The number of carbonyl (C=O) groups excluding carboxylic acids is 1. The van der Waals surface area contributed by atoms with Crippen molar-refractivity contribution in [2.75, 3.05) is 20.3 Å². The van der Waals surface area contributed by atoms with Gasteiger partial charge in [-0.1, -0.05) is 11.2 Å². The normalized spacial score (nSPS) is 14.3. The number of fused-ring (bicyclic) bond motifs is 1. The van der Waals surface area contributed by atoms with Gasteiger partial charge in [-0.05, 0) is 38.5 Å². The summed E-state index contributed by atoms with van der Waals surface area (Å²) in [5, 5.41) is 3.93. The molecule has 1 aliphatic rings. The van der Waals surface area contributed by atoms with Gasteiger partial charge in [0.1, 0.15) is 19.0 Å². The van der Waals surface area contributed by atoms with Crippen molar-refractivity contribution in [2.45, 2.75) is 33.2 Å². The van der Waals surface area contributed by atoms with E-state index in [1.165, 1.54) is 0 Å². The van der Waals surface area contributed by atoms with E-state index < -0.39 is 0 Å². The summed E-state index contributed by atoms with van der Waals surface area (Å²) in [6.45, 7) is 7.20. The van der Waals surface area contributed by atoms with Crippen molar-refractivity contribution in [3.8, 4) is 11.5 Å². The molecule has 0 bridgehead atoms. The van der Waals surface area contributed by atoms with Gasteiger partial charge in [0, 0.05) is 19.2 Å². The van der Waals surface area contributed by atoms with Gasteiger partial charge >= 0.3 is 0 Å². The van der Waals surface area contributed by atoms with E-state index in [0.717, 1.165) is 28.3 Å². The third-order valence-electron chi connectivity index (χ3n) is 4.29. The molecule has 128 valence electrons. The van der Waals surface area contributed by atoms with Gasteiger partial charge in [0.2, 0.25) is 5.91 Å². The third kappa shape index (κ3) is 3.09. The van der Waals surface area contributed by atoms with E-state index in [0.29, 0.717) is 25.5 Å². The molecule has 0 fully saturated rings. The Labute approximate surface area is 141 Å². The molecule has 0 spiro atoms. The largest absolute Gasteiger partial charge is 0.486 e. The highest BCUT2D eigenvalue weighted by atomic mass is 16.6. The van der Waals surface area contributed by atoms with Crippen LogP contribution in [0.1, 0.15) is 35.4 Å². The molecule has 0 saturated heterocycles. The van der Waals surface area contributed by atoms with Crippen LogP contribution in [0.4, 0.5) is 0 Å². The Kier molecular flexibility index (Phi) is 4.46. The van der Waals surface area contributed by atoms with E-state index in [2.05, 4.69) is 5.16 Å². The fraction of sp³-hybridized carbons (Fsp3) is 0.444. The standard InChI is InChI=1S/C18H22N2O4/c1-11(17-12(2)19-24-13(17)3)18(21)20(4)10-14-5-6-15-16(9-14)23-8-7-22-15/h5-6,9,11H,7-8,10H2,1-4H3/t11-/m1/s1. The number of ether oxygens (including phenoxy) is 2. The molecule has 2 heterocycles. The predicted molar refractivity (Wildman–Crippen MR) is 88.3 cm³/mol. The van der Waals surface area contributed by atoms with Gasteiger partial charge < -0.3 is 18.9 Å². The van der Waals surface area contributed by atoms with Crippen molar-refractivity contribution < 1.29 is 18.8 Å². The van der Waals surface area contributed by atoms with Gasteiger partial charge in [0.05, 0.1) is 11.6 Å². The fourth-order valence-electron chi connectivity index (χ4n) is 3.10. The Morgan fingerprint density at radius 3 is 2.62 bits per heavy atom. The predicted octanol–water partition coefficient (Wildman–Crippen LogP) is 2.82. The Balaban J connectivity index is 1.72. The minimum Gasteiger partial charge on any atom is -0.486 e. The summed E-state index contributed by atoms with van der Waals surface area (Å²) < 4.78 is 16.3. The van der Waals surface area contributed by atoms with E-state index in [1.54, 1.807) is 11.9 Å². The van der Waals surface area contributed by atoms with Crippen molar-refractivity contribution in [1.82, 2.24) is 10.1 Å². The lowest BCUT2D eigenvalue weighted by molar-refractivity contribution is -0.131. The highest BCUT2D eigenvalue weighted by Crippen LogP contribution is 2.31. The molecule has 1 aromatic heterocycles. The van der Waals surface area contributed by atoms with Crippen LogP contribution in [0.2, 0.25) is 0 Å². The van der Waals surface area contributed by atoms with Crippen LogP contribution in [-0.4, -0.2) is 36.2 Å². The summed E-state index contributed by atoms with van der Waals surface area (Å²) in [5.41, 5.74) is 2.64. The van der Waals surface area contributed by atoms with Gasteiger partial charge in [-0.3, -0.25) is 4.79 Å². The second-order valence-electron chi connectivity index (χ2n) is 6.13. The number of hydrogen-bond acceptors (Lipinski definition) is 5. The van der Waals surface area contributed by atoms with E-state index in [1.807, 2.05) is 39.0 Å². The van der Waals surface area contributed by atoms with E-state index in [4.69, 9.17) is 14.0 Å². The molecular formula is C18H22N2O4. The molecule has 2 aromatic rings. The minimum absolute atomic E-state index is 0.0271. The molecule has 6 nitrogen and oxygen atoms in total. The monoisotopic (exact) mass is 330 g/mol. The highest BCUT2D eigenvalue weighted by molar-refractivity contribution is 5.83. The van der Waals surface area contributed by atoms with Gasteiger partial charge in [0.15, 0.2) is 11.5 Å². The van der Waals surface area contributed by atoms with E-state index in [-0.39, 0.29) is 11.8 Å². The van der Waals surface area contributed by atoms with Gasteiger partial charge in [-0.2, -0.15) is 0 Å². The quantitative estimate of drug-likeness (QED) is 0.862. The first-order valence-corrected chi connectivity index (χ1v) is 8.03. The number of aryl methyl sites for hydroxylation is 2. The van der Waals surface area contributed by atoms with Crippen molar-refractivity contribution in [3.05, 3.63) is 40.8 Å². The van der Waals surface area contributed by atoms with Crippen molar-refractivity contribution in [1.29, 1.82) is 0 Å². The molecule has 1 atom stereocenters. The van der Waals surface area contributed by atoms with Crippen LogP contribution in [0, 0.1) is 13.8 Å². The molecule has 1 aliphatic heterocycles. The number of nitrogens with zero attached hydrogens (tertiary/aromatic N) is 2. The molecule has 1 aromatic carbocycles. The number of amides is 1. The summed E-state index contributed by atoms with van der Waals surface area (Å²) >= 11 is 0. The molecule has 0 unspecified atom stereocenters. The zero-order valence-electron chi connectivity index (χ0n) is 14.5. The molecule has 0 N–H and O–H groups in total. The van der Waals surface area contributed by atoms with E-state index >= 15 is 0 Å². The Bertz CT molecular complexity index is 734. The van der Waals surface area contributed by atoms with Gasteiger partial charge in [-0.25, -0.2) is 0 Å². The maximum absolute atomic E-state index is 12.7. The van der Waals surface area contributed by atoms with Crippen LogP contribution < -0.4 is 9.47 Å². The van der Waals surface area contributed by atoms with Gasteiger partial charge in [-0.15, -0.1) is 0 Å². The van der Waals surface area contributed by atoms with Crippen LogP contribution in [0.5, 0.6) is 11.5 Å². The van der Waals surface area contributed by atoms with Crippen molar-refractivity contribution in [3.63, 3.8) is 0 Å². The first-order chi connectivity index (χ1) is 11.5. The minimum atomic E-state index is -0.293. The summed E-state index contributed by atoms with van der Waals surface area (Å²) in [7, 11) is 1.80. The zero-order valence-corrected chi connectivity index (χ0v) is 14.5. The molecule has 6 heteroatoms. The van der Waals surface area contributed by atoms with Crippen LogP contribution in [0.15, 0.2) is 22.7 Å². The fourth-order valence-corrected chi connectivity index (χ4v) is 3.10. The lowest BCUT2D eigenvalue weighted by atomic mass is 9.98. The molecule has 1 amide bonds. The summed E-state index contributed by atoms with van der Waals surface area (Å²) in [5.74, 6) is 1.92. The number of hydrogen-bond donors (Lipinski definition) is 0. The third-order valence-corrected chi connectivity index (χ3v) is 4.29. The maximum Gasteiger partial charge on any atom is 0.230 e. The van der Waals surface area contributed by atoms with E-state index in [9.17, 15) is 4.79 Å². The molecule has 0 radical (unpaired) electrons. The molecule has 0 aliphatic carbocycles. The number of aromatic nitrogens is 1. The average molecular weight is 330 g/mol. The highest BCUT2D eigenvalue weighted by Gasteiger charge is 2.25. The number of carbonyl (C=O) groups is 1. The summed E-state index contributed by atoms with van der Waals surface area (Å²) in [6.07, 6.45) is 0. The maximum atomic E-state index is 12.7. The average Bonchev–Trinajstić information content (AvgIpc) is 2.92. The molecule has 24 heavy (non-hydrogen) atoms. The summed E-state index contributed by atoms with van der Waals surface area (Å²) in [6, 6.07) is 5.77. The number of likely N-dealkylation sites (N-methyl/N-ethyl adjacent to an activating group) is 1. The van der Waals surface area contributed by atoms with Gasteiger partial charge in [0.25, 0.3) is 0 Å². The van der Waals surface area contributed by atoms with Crippen molar-refractivity contribution in [2.24, 2.45) is 0 Å².